The molecule has 3 nitrogen and oxygen atoms in total. The molecule has 0 aromatic heterocycles. The second kappa shape index (κ2) is 7.93. The summed E-state index contributed by atoms with van der Waals surface area (Å²) >= 11 is 5.62. The fourth-order valence-corrected chi connectivity index (χ4v) is 1.98. The van der Waals surface area contributed by atoms with Crippen LogP contribution in [0.5, 0.6) is 0 Å². The first-order valence-electron chi connectivity index (χ1n) is 6.24. The van der Waals surface area contributed by atoms with Gasteiger partial charge in [-0.25, -0.2) is 4.39 Å². The number of halogens is 5. The zero-order valence-electron chi connectivity index (χ0n) is 11.1. The van der Waals surface area contributed by atoms with Gasteiger partial charge >= 0.3 is 6.18 Å². The molecule has 2 N–H and O–H groups in total. The minimum absolute atomic E-state index is 0.119. The Morgan fingerprint density at radius 3 is 2.52 bits per heavy atom. The number of alkyl halides is 3. The van der Waals surface area contributed by atoms with E-state index >= 15 is 0 Å². The van der Waals surface area contributed by atoms with Gasteiger partial charge in [-0.1, -0.05) is 23.7 Å². The molecule has 0 heterocycles. The molecule has 0 aliphatic carbocycles. The zero-order valence-corrected chi connectivity index (χ0v) is 11.8. The van der Waals surface area contributed by atoms with E-state index < -0.39 is 37.7 Å². The van der Waals surface area contributed by atoms with Gasteiger partial charge in [0, 0.05) is 25.2 Å². The van der Waals surface area contributed by atoms with E-state index in [1.54, 1.807) is 0 Å². The Hall–Kier alpha value is -0.890. The molecule has 0 saturated carbocycles. The number of nitrogens with zero attached hydrogens (tertiary/aromatic N) is 1. The van der Waals surface area contributed by atoms with Crippen LogP contribution in [0.3, 0.4) is 0 Å². The molecule has 0 bridgehead atoms. The van der Waals surface area contributed by atoms with Crippen LogP contribution in [-0.2, 0) is 6.54 Å². The van der Waals surface area contributed by atoms with Crippen LogP contribution in [0.25, 0.3) is 0 Å². The lowest BCUT2D eigenvalue weighted by Crippen LogP contribution is -2.36. The largest absolute Gasteiger partial charge is 0.394 e. The number of hydrogen-bond acceptors (Lipinski definition) is 3. The minimum Gasteiger partial charge on any atom is -0.394 e. The van der Waals surface area contributed by atoms with Gasteiger partial charge in [0.25, 0.3) is 0 Å². The van der Waals surface area contributed by atoms with Gasteiger partial charge in [0.1, 0.15) is 5.82 Å². The molecular weight excluding hydrogens is 314 g/mol. The van der Waals surface area contributed by atoms with Crippen LogP contribution in [-0.4, -0.2) is 47.1 Å². The van der Waals surface area contributed by atoms with Crippen molar-refractivity contribution in [3.05, 3.63) is 34.6 Å². The summed E-state index contributed by atoms with van der Waals surface area (Å²) < 4.78 is 50.6. The zero-order chi connectivity index (χ0) is 16.0. The molecule has 21 heavy (non-hydrogen) atoms. The predicted octanol–water partition coefficient (Wildman–Crippen LogP) is 2.59. The molecule has 0 fully saturated rings. The van der Waals surface area contributed by atoms with E-state index in [0.717, 1.165) is 0 Å². The Balaban J connectivity index is 2.78. The number of benzene rings is 1. The fourth-order valence-electron chi connectivity index (χ4n) is 1.79. The molecule has 1 atom stereocenters. The smallest absolute Gasteiger partial charge is 0.390 e. The summed E-state index contributed by atoms with van der Waals surface area (Å²) in [5.74, 6) is -0.699. The highest BCUT2D eigenvalue weighted by Crippen LogP contribution is 2.22. The molecular formula is C13H16ClF4NO2. The van der Waals surface area contributed by atoms with Crippen molar-refractivity contribution in [2.45, 2.75) is 25.2 Å². The summed E-state index contributed by atoms with van der Waals surface area (Å²) in [5.41, 5.74) is 0.134. The Kier molecular flexibility index (Phi) is 6.86. The lowest BCUT2D eigenvalue weighted by Gasteiger charge is -2.25. The highest BCUT2D eigenvalue weighted by molar-refractivity contribution is 6.30. The van der Waals surface area contributed by atoms with E-state index in [0.29, 0.717) is 0 Å². The maximum Gasteiger partial charge on any atom is 0.390 e. The van der Waals surface area contributed by atoms with E-state index in [-0.39, 0.29) is 23.7 Å². The third kappa shape index (κ3) is 6.60. The van der Waals surface area contributed by atoms with E-state index in [9.17, 15) is 22.7 Å². The quantitative estimate of drug-likeness (QED) is 0.756. The van der Waals surface area contributed by atoms with Crippen molar-refractivity contribution in [2.75, 3.05) is 19.7 Å². The maximum atomic E-state index is 13.8. The van der Waals surface area contributed by atoms with Crippen LogP contribution in [0.4, 0.5) is 17.6 Å². The molecule has 0 amide bonds. The Morgan fingerprint density at radius 1 is 1.29 bits per heavy atom. The molecule has 120 valence electrons. The summed E-state index contributed by atoms with van der Waals surface area (Å²) in [4.78, 5) is 1.23. The summed E-state index contributed by atoms with van der Waals surface area (Å²) in [6.45, 7) is -1.33. The molecule has 0 aliphatic rings. The Labute approximate surface area is 124 Å². The third-order valence-electron chi connectivity index (χ3n) is 2.82. The summed E-state index contributed by atoms with van der Waals surface area (Å²) in [6, 6.07) is 4.24. The highest BCUT2D eigenvalue weighted by Gasteiger charge is 2.28. The molecule has 0 radical (unpaired) electrons. The molecule has 0 spiro atoms. The van der Waals surface area contributed by atoms with Crippen molar-refractivity contribution in [3.63, 3.8) is 0 Å². The first-order chi connectivity index (χ1) is 9.73. The number of hydrogen-bond donors (Lipinski definition) is 2. The Bertz CT molecular complexity index is 456. The van der Waals surface area contributed by atoms with Crippen molar-refractivity contribution >= 4 is 11.6 Å². The molecule has 0 saturated heterocycles. The van der Waals surface area contributed by atoms with E-state index in [2.05, 4.69) is 0 Å². The lowest BCUT2D eigenvalue weighted by atomic mass is 10.2. The first kappa shape index (κ1) is 18.2. The van der Waals surface area contributed by atoms with Crippen molar-refractivity contribution in [1.29, 1.82) is 0 Å². The lowest BCUT2D eigenvalue weighted by molar-refractivity contribution is -0.139. The minimum atomic E-state index is -4.35. The van der Waals surface area contributed by atoms with Gasteiger partial charge in [0.05, 0.1) is 24.2 Å². The summed E-state index contributed by atoms with van der Waals surface area (Å²) in [5, 5.41) is 18.0. The van der Waals surface area contributed by atoms with Crippen LogP contribution in [0.2, 0.25) is 5.02 Å². The Morgan fingerprint density at radius 2 is 1.95 bits per heavy atom. The van der Waals surface area contributed by atoms with Gasteiger partial charge in [0.15, 0.2) is 0 Å². The van der Waals surface area contributed by atoms with Crippen LogP contribution in [0.15, 0.2) is 18.2 Å². The summed E-state index contributed by atoms with van der Waals surface area (Å²) in [6.07, 6.45) is -6.64. The highest BCUT2D eigenvalue weighted by atomic mass is 35.5. The number of rotatable bonds is 7. The maximum absolute atomic E-state index is 13.8. The van der Waals surface area contributed by atoms with Crippen LogP contribution >= 0.6 is 11.6 Å². The van der Waals surface area contributed by atoms with Gasteiger partial charge in [-0.15, -0.1) is 0 Å². The topological polar surface area (TPSA) is 43.7 Å². The first-order valence-corrected chi connectivity index (χ1v) is 6.61. The average molecular weight is 330 g/mol. The van der Waals surface area contributed by atoms with Crippen molar-refractivity contribution in [1.82, 2.24) is 4.90 Å². The monoisotopic (exact) mass is 329 g/mol. The summed E-state index contributed by atoms with van der Waals surface area (Å²) in [7, 11) is 0. The van der Waals surface area contributed by atoms with Crippen LogP contribution < -0.4 is 0 Å². The molecule has 1 aromatic carbocycles. The van der Waals surface area contributed by atoms with Crippen LogP contribution in [0.1, 0.15) is 12.0 Å². The van der Waals surface area contributed by atoms with E-state index in [1.807, 2.05) is 0 Å². The second-order valence-electron chi connectivity index (χ2n) is 4.65. The molecule has 1 rings (SSSR count). The molecule has 0 unspecified atom stereocenters. The van der Waals surface area contributed by atoms with Gasteiger partial charge in [-0.05, 0) is 6.07 Å². The van der Waals surface area contributed by atoms with Gasteiger partial charge in [-0.2, -0.15) is 13.2 Å². The number of aliphatic hydroxyl groups is 2. The van der Waals surface area contributed by atoms with Crippen molar-refractivity contribution in [2.24, 2.45) is 0 Å². The van der Waals surface area contributed by atoms with Crippen molar-refractivity contribution < 1.29 is 27.8 Å². The SMILES string of the molecule is OC[C@@H](O)CN(CCC(F)(F)F)Cc1cccc(Cl)c1F. The van der Waals surface area contributed by atoms with Crippen LogP contribution in [0, 0.1) is 5.82 Å². The van der Waals surface area contributed by atoms with Gasteiger partial charge < -0.3 is 10.2 Å². The van der Waals surface area contributed by atoms with Crippen molar-refractivity contribution in [3.8, 4) is 0 Å². The average Bonchev–Trinajstić information content (AvgIpc) is 2.40. The predicted molar refractivity (Wildman–Crippen MR) is 70.5 cm³/mol. The molecule has 0 aliphatic heterocycles. The fraction of sp³-hybridized carbons (Fsp3) is 0.538. The standard InChI is InChI=1S/C13H16ClF4NO2/c14-11-3-1-2-9(12(11)15)6-19(7-10(21)8-20)5-4-13(16,17)18/h1-3,10,20-21H,4-8H2/t10-/m0/s1. The van der Waals surface area contributed by atoms with E-state index in [1.165, 1.54) is 23.1 Å². The van der Waals surface area contributed by atoms with E-state index in [4.69, 9.17) is 16.7 Å². The molecule has 1 aromatic rings. The third-order valence-corrected chi connectivity index (χ3v) is 3.11. The second-order valence-corrected chi connectivity index (χ2v) is 5.06. The normalized spacial score (nSPS) is 13.7. The van der Waals surface area contributed by atoms with Gasteiger partial charge in [-0.3, -0.25) is 4.90 Å². The molecule has 8 heteroatoms. The number of aliphatic hydroxyl groups excluding tert-OH is 2. The van der Waals surface area contributed by atoms with Gasteiger partial charge in [0.2, 0.25) is 0 Å².